The number of aliphatic hydroxyl groups is 3. The minimum atomic E-state index is -4.20. The van der Waals surface area contributed by atoms with Gasteiger partial charge >= 0.3 is 25.4 Å². The largest absolute Gasteiger partial charge is 0.495 e. The molecule has 2 aromatic carbocycles. The summed E-state index contributed by atoms with van der Waals surface area (Å²) >= 11 is 4.41. The summed E-state index contributed by atoms with van der Waals surface area (Å²) in [5, 5.41) is 40.4. The molecule has 6 saturated heterocycles. The number of anilines is 7. The molecule has 0 radical (unpaired) electrons. The van der Waals surface area contributed by atoms with E-state index < -0.39 is 48.8 Å². The Morgan fingerprint density at radius 3 is 1.47 bits per heavy atom. The minimum absolute atomic E-state index is 0. The predicted octanol–water partition coefficient (Wildman–Crippen LogP) is 11.3. The topological polar surface area (TPSA) is 270 Å². The number of carbonyl (C=O) groups excluding carboxylic acids is 2. The maximum atomic E-state index is 13.0. The number of hydrogen-bond acceptors (Lipinski definition) is 19. The van der Waals surface area contributed by atoms with Gasteiger partial charge in [-0.1, -0.05) is 31.0 Å². The molecule has 105 heavy (non-hydrogen) atoms. The number of hydrogen-bond donors (Lipinski definition) is 8. The van der Waals surface area contributed by atoms with E-state index in [0.717, 1.165) is 177 Å². The maximum absolute atomic E-state index is 13.0. The van der Waals surface area contributed by atoms with Gasteiger partial charge in [0.25, 0.3) is 0 Å². The normalized spacial score (nSPS) is 24.3. The second-order valence-electron chi connectivity index (χ2n) is 29.2. The Morgan fingerprint density at radius 1 is 0.600 bits per heavy atom. The molecule has 0 spiro atoms. The second kappa shape index (κ2) is 39.0. The lowest BCUT2D eigenvalue weighted by atomic mass is 9.76. The summed E-state index contributed by atoms with van der Waals surface area (Å²) in [5.74, 6) is 4.01. The summed E-state index contributed by atoms with van der Waals surface area (Å²) in [7, 11) is -0.556. The maximum Gasteiger partial charge on any atom is 0.495 e. The third-order valence-electron chi connectivity index (χ3n) is 20.5. The van der Waals surface area contributed by atoms with E-state index in [-0.39, 0.29) is 62.8 Å². The number of aliphatic hydroxyl groups excluding tert-OH is 3. The molecule has 5 aromatic rings. The van der Waals surface area contributed by atoms with E-state index in [1.807, 2.05) is 62.6 Å². The molecule has 580 valence electrons. The van der Waals surface area contributed by atoms with Crippen LogP contribution in [0.5, 0.6) is 0 Å². The summed E-state index contributed by atoms with van der Waals surface area (Å²) in [6.45, 7) is 25.5. The van der Waals surface area contributed by atoms with Gasteiger partial charge in [0.05, 0.1) is 69.2 Å². The van der Waals surface area contributed by atoms with E-state index in [4.69, 9.17) is 39.3 Å². The molecular formula is C73H105BClF4I2N13O10S. The van der Waals surface area contributed by atoms with Gasteiger partial charge in [0.1, 0.15) is 29.1 Å². The molecule has 0 bridgehead atoms. The Hall–Kier alpha value is -5.05. The first-order valence-corrected chi connectivity index (χ1v) is 38.3. The number of ether oxygens (including phenoxy) is 3. The van der Waals surface area contributed by atoms with Crippen LogP contribution in [0.4, 0.5) is 67.6 Å². The van der Waals surface area contributed by atoms with Crippen molar-refractivity contribution in [3.63, 3.8) is 0 Å². The van der Waals surface area contributed by atoms with Gasteiger partial charge in [-0.15, -0.1) is 12.4 Å². The fourth-order valence-corrected chi connectivity index (χ4v) is 14.4. The molecule has 6 aliphatic heterocycles. The SMILES string of the molecule is CC[C@@H]1CCN(C(=O)Nc2ccc(C)c(-c3cc(NC4CC(O)C4)nc(N4CCOCC4)c3)c2)C1.Cc1ccc(NC(=O)N2CC[C@@H](CC(F)(F)F)C2)cc1B1OC(C)(C)C(C)(C)O1.Cl.Fc1cc(I)cc(N2CCOCC2)n1.NC1CC(O)C1.OC1CC(Nc2cc(I)cc(N3CCOCC3)n2)C1.S. The smallest absolute Gasteiger partial charge is 0.399 e. The van der Waals surface area contributed by atoms with Crippen LogP contribution in [0.25, 0.3) is 11.1 Å². The number of likely N-dealkylation sites (tertiary alicyclic amines) is 2. The van der Waals surface area contributed by atoms with Crippen molar-refractivity contribution in [2.45, 2.75) is 166 Å². The highest BCUT2D eigenvalue weighted by Crippen LogP contribution is 2.39. The molecule has 3 aromatic heterocycles. The second-order valence-corrected chi connectivity index (χ2v) is 31.7. The van der Waals surface area contributed by atoms with Crippen molar-refractivity contribution >= 4 is 136 Å². The van der Waals surface area contributed by atoms with Crippen molar-refractivity contribution in [1.82, 2.24) is 24.8 Å². The molecule has 3 aliphatic carbocycles. The van der Waals surface area contributed by atoms with E-state index in [0.29, 0.717) is 68.9 Å². The molecule has 14 rings (SSSR count). The monoisotopic (exact) mass is 1730 g/mol. The molecule has 9 heterocycles. The lowest BCUT2D eigenvalue weighted by Gasteiger charge is -2.33. The number of morpholine rings is 3. The molecule has 23 nitrogen and oxygen atoms in total. The summed E-state index contributed by atoms with van der Waals surface area (Å²) in [4.78, 5) is 48.7. The average molecular weight is 1730 g/mol. The van der Waals surface area contributed by atoms with Crippen molar-refractivity contribution in [2.24, 2.45) is 17.6 Å². The average Bonchev–Trinajstić information content (AvgIpc) is 1.66. The van der Waals surface area contributed by atoms with Gasteiger partial charge in [0.2, 0.25) is 5.95 Å². The number of nitrogens with one attached hydrogen (secondary N) is 4. The minimum Gasteiger partial charge on any atom is -0.399 e. The molecule has 3 saturated carbocycles. The van der Waals surface area contributed by atoms with Gasteiger partial charge in [-0.2, -0.15) is 31.1 Å². The summed E-state index contributed by atoms with van der Waals surface area (Å²) in [5.41, 5.74) is 10.8. The molecule has 9 fully saturated rings. The Labute approximate surface area is 655 Å². The summed E-state index contributed by atoms with van der Waals surface area (Å²) in [6.07, 6.45) is 1.79. The third kappa shape index (κ3) is 25.0. The molecular weight excluding hydrogens is 1630 g/mol. The highest BCUT2D eigenvalue weighted by atomic mass is 127. The van der Waals surface area contributed by atoms with Crippen LogP contribution in [0.1, 0.15) is 110 Å². The quantitative estimate of drug-likeness (QED) is 0.0236. The van der Waals surface area contributed by atoms with Gasteiger partial charge < -0.3 is 90.3 Å². The number of aryl methyl sites for hydroxylation is 2. The van der Waals surface area contributed by atoms with Gasteiger partial charge in [-0.3, -0.25) is 0 Å². The zero-order valence-corrected chi connectivity index (χ0v) is 67.2. The number of urea groups is 2. The number of aromatic nitrogens is 3. The van der Waals surface area contributed by atoms with Crippen molar-refractivity contribution in [1.29, 1.82) is 0 Å². The van der Waals surface area contributed by atoms with Crippen LogP contribution < -0.4 is 47.2 Å². The molecule has 32 heteroatoms. The molecule has 0 unspecified atom stereocenters. The first kappa shape index (κ1) is 85.6. The van der Waals surface area contributed by atoms with Crippen LogP contribution >= 0.6 is 71.1 Å². The van der Waals surface area contributed by atoms with Crippen molar-refractivity contribution < 1.29 is 66.0 Å². The van der Waals surface area contributed by atoms with Crippen molar-refractivity contribution in [3.05, 3.63) is 97.0 Å². The van der Waals surface area contributed by atoms with Gasteiger partial charge in [0.15, 0.2) is 0 Å². The van der Waals surface area contributed by atoms with Crippen LogP contribution in [0, 0.1) is 38.8 Å². The molecule has 9 aliphatic rings. The van der Waals surface area contributed by atoms with E-state index in [9.17, 15) is 37.4 Å². The van der Waals surface area contributed by atoms with Crippen molar-refractivity contribution in [2.75, 3.05) is 141 Å². The lowest BCUT2D eigenvalue weighted by Crippen LogP contribution is -2.41. The first-order chi connectivity index (χ1) is 49.0. The van der Waals surface area contributed by atoms with E-state index >= 15 is 0 Å². The third-order valence-corrected chi connectivity index (χ3v) is 21.7. The van der Waals surface area contributed by atoms with Crippen LogP contribution in [0.3, 0.4) is 0 Å². The zero-order valence-electron chi connectivity index (χ0n) is 61.0. The number of rotatable bonds is 13. The van der Waals surface area contributed by atoms with Gasteiger partial charge in [0, 0.05) is 115 Å². The summed E-state index contributed by atoms with van der Waals surface area (Å²) < 4.78 is 81.1. The number of pyridine rings is 3. The Kier molecular flexibility index (Phi) is 31.8. The Bertz CT molecular complexity index is 3590. The zero-order chi connectivity index (χ0) is 73.8. The van der Waals surface area contributed by atoms with E-state index in [2.05, 4.69) is 136 Å². The number of amides is 4. The Morgan fingerprint density at radius 2 is 1.03 bits per heavy atom. The highest BCUT2D eigenvalue weighted by molar-refractivity contribution is 14.1. The standard InChI is InChI=1S/C27H37N5O3.C20H28BF3N2O3.C13H18IN3O2.C9H10FIN2O.C4H9NO.ClH.H2S/c1-3-19-6-7-32(17-19)27(34)29-21-5-4-18(2)24(16-21)20-12-25(28-22-14-23(33)15-22)30-26(13-20)31-8-10-35-11-9-31;1-13-6-7-15(10-16(13)21-28-18(2,3)19(4,5)29-21)25-17(27)26-9-8-14(12-26)11-20(22,23)24;14-9-5-12(15-10-7-11(18)8-10)16-13(6-9)17-1-3-19-4-2-17;10-8-5-7(11)6-9(12-8)13-1-3-14-4-2-13;5-3-1-4(6)2-3;;/h4-5,12-13,16,19,22-23,33H,3,6-11,14-15,17H2,1-2H3,(H,28,30)(H,29,34);6-7,10,14H,8-9,11-12H2,1-5H3,(H,25,27);5-6,10-11,18H,1-4,7-8H2,(H,15,16);5-6H,1-4H2;3-4,6H,1-2,5H2;1H;1H2/t19-,22?,23?;14-;;;;;/m10...../s1. The van der Waals surface area contributed by atoms with Crippen LogP contribution in [0.2, 0.25) is 0 Å². The van der Waals surface area contributed by atoms with Crippen LogP contribution in [0.15, 0.2) is 72.8 Å². The Balaban J connectivity index is 0.000000179. The molecule has 2 atom stereocenters. The number of alkyl halides is 3. The fraction of sp³-hybridized carbons (Fsp3) is 0.603. The van der Waals surface area contributed by atoms with Crippen molar-refractivity contribution in [3.8, 4) is 11.1 Å². The van der Waals surface area contributed by atoms with Gasteiger partial charge in [-0.25, -0.2) is 24.5 Å². The highest BCUT2D eigenvalue weighted by Gasteiger charge is 2.52. The first-order valence-electron chi connectivity index (χ1n) is 36.1. The van der Waals surface area contributed by atoms with E-state index in [1.54, 1.807) is 12.1 Å². The predicted molar refractivity (Wildman–Crippen MR) is 429 cm³/mol. The van der Waals surface area contributed by atoms with E-state index in [1.165, 1.54) is 14.5 Å². The number of halogens is 7. The number of nitrogens with zero attached hydrogens (tertiary/aromatic N) is 8. The lowest BCUT2D eigenvalue weighted by molar-refractivity contribution is -0.143. The fourth-order valence-electron chi connectivity index (χ4n) is 13.3. The van der Waals surface area contributed by atoms with Gasteiger partial charge in [-0.05, 0) is 227 Å². The molecule has 4 amide bonds. The summed E-state index contributed by atoms with van der Waals surface area (Å²) in [6, 6.07) is 23.7. The van der Waals surface area contributed by atoms with Crippen LogP contribution in [-0.2, 0) is 23.5 Å². The number of carbonyl (C=O) groups is 2. The van der Waals surface area contributed by atoms with Crippen LogP contribution in [-0.4, -0.2) is 218 Å². The number of benzene rings is 2. The molecule has 9 N–H and O–H groups in total. The number of nitrogens with two attached hydrogens (primary N) is 1.